The predicted octanol–water partition coefficient (Wildman–Crippen LogP) is 2.42. The van der Waals surface area contributed by atoms with Crippen molar-refractivity contribution in [1.29, 1.82) is 0 Å². The molecule has 2 amide bonds. The maximum Gasteiger partial charge on any atom is 0.329 e. The molecule has 1 aromatic rings. The Labute approximate surface area is 202 Å². The number of hydrogen-bond acceptors (Lipinski definition) is 6. The molecule has 0 radical (unpaired) electrons. The van der Waals surface area contributed by atoms with E-state index in [9.17, 15) is 22.8 Å². The number of carbonyl (C=O) groups excluding carboxylic acids is 3. The van der Waals surface area contributed by atoms with Crippen LogP contribution in [0.5, 0.6) is 0 Å². The van der Waals surface area contributed by atoms with Crippen molar-refractivity contribution in [1.82, 2.24) is 14.5 Å². The fourth-order valence-electron chi connectivity index (χ4n) is 4.01. The number of amides is 2. The second-order valence-electron chi connectivity index (χ2n) is 8.85. The zero-order valence-corrected chi connectivity index (χ0v) is 21.6. The number of nitrogens with one attached hydrogen (secondary N) is 1. The summed E-state index contributed by atoms with van der Waals surface area (Å²) in [5.41, 5.74) is 0.116. The molecule has 0 spiro atoms. The fourth-order valence-corrected chi connectivity index (χ4v) is 5.51. The van der Waals surface area contributed by atoms with Crippen LogP contribution in [0.2, 0.25) is 0 Å². The van der Waals surface area contributed by atoms with E-state index in [0.29, 0.717) is 19.6 Å². The number of ether oxygens (including phenoxy) is 1. The third-order valence-corrected chi connectivity index (χ3v) is 8.15. The summed E-state index contributed by atoms with van der Waals surface area (Å²) in [7, 11) is -3.73. The summed E-state index contributed by atoms with van der Waals surface area (Å²) >= 11 is 0. The number of nitrogens with zero attached hydrogens (tertiary/aromatic N) is 2. The number of likely N-dealkylation sites (tertiary alicyclic amines) is 1. The molecule has 1 aromatic carbocycles. The molecule has 1 aliphatic rings. The van der Waals surface area contributed by atoms with E-state index in [4.69, 9.17) is 4.74 Å². The van der Waals surface area contributed by atoms with Gasteiger partial charge in [0.2, 0.25) is 10.0 Å². The van der Waals surface area contributed by atoms with Crippen LogP contribution in [0.3, 0.4) is 0 Å². The molecule has 10 heteroatoms. The second kappa shape index (κ2) is 12.3. The Morgan fingerprint density at radius 3 is 2.44 bits per heavy atom. The standard InChI is InChI=1S/C24H37N3O6S/c1-6-26(7-2)34(31,32)20-13-10-12-19(15-20)23(29)25-22(17(3)4)24(30)33-16-21(28)27-14-9-8-11-18(27)5/h10,12-13,15,17-18,22H,6-9,11,14,16H2,1-5H3,(H,25,29)/t18?,22-/m0/s1. The molecule has 2 atom stereocenters. The molecule has 1 aliphatic heterocycles. The van der Waals surface area contributed by atoms with Gasteiger partial charge < -0.3 is 15.0 Å². The summed E-state index contributed by atoms with van der Waals surface area (Å²) in [4.78, 5) is 39.8. The molecule has 9 nitrogen and oxygen atoms in total. The van der Waals surface area contributed by atoms with Gasteiger partial charge in [-0.05, 0) is 50.3 Å². The van der Waals surface area contributed by atoms with Gasteiger partial charge in [-0.15, -0.1) is 0 Å². The summed E-state index contributed by atoms with van der Waals surface area (Å²) in [5.74, 6) is -1.84. The summed E-state index contributed by atoms with van der Waals surface area (Å²) in [6.07, 6.45) is 2.93. The van der Waals surface area contributed by atoms with Crippen molar-refractivity contribution < 1.29 is 27.5 Å². The Morgan fingerprint density at radius 2 is 1.85 bits per heavy atom. The first-order valence-electron chi connectivity index (χ1n) is 11.9. The molecular formula is C24H37N3O6S. The summed E-state index contributed by atoms with van der Waals surface area (Å²) in [6, 6.07) is 4.84. The van der Waals surface area contributed by atoms with E-state index in [1.54, 1.807) is 32.6 Å². The lowest BCUT2D eigenvalue weighted by Crippen LogP contribution is -2.47. The number of sulfonamides is 1. The molecular weight excluding hydrogens is 458 g/mol. The minimum atomic E-state index is -3.73. The topological polar surface area (TPSA) is 113 Å². The molecule has 190 valence electrons. The monoisotopic (exact) mass is 495 g/mol. The van der Waals surface area contributed by atoms with Gasteiger partial charge in [-0.3, -0.25) is 9.59 Å². The maximum absolute atomic E-state index is 12.9. The van der Waals surface area contributed by atoms with E-state index in [-0.39, 0.29) is 34.9 Å². The third kappa shape index (κ3) is 6.79. The average Bonchev–Trinajstić information content (AvgIpc) is 2.81. The Morgan fingerprint density at radius 1 is 1.18 bits per heavy atom. The lowest BCUT2D eigenvalue weighted by molar-refractivity contribution is -0.155. The van der Waals surface area contributed by atoms with E-state index < -0.39 is 27.9 Å². The van der Waals surface area contributed by atoms with E-state index in [2.05, 4.69) is 5.32 Å². The summed E-state index contributed by atoms with van der Waals surface area (Å²) < 4.78 is 32.2. The molecule has 0 bridgehead atoms. The van der Waals surface area contributed by atoms with Crippen LogP contribution in [0, 0.1) is 5.92 Å². The first-order chi connectivity index (χ1) is 16.0. The molecule has 1 fully saturated rings. The molecule has 1 unspecified atom stereocenters. The molecule has 1 saturated heterocycles. The SMILES string of the molecule is CCN(CC)S(=O)(=O)c1cccc(C(=O)N[C@H](C(=O)OCC(=O)N2CCCCC2C)C(C)C)c1. The zero-order valence-electron chi connectivity index (χ0n) is 20.7. The first kappa shape index (κ1) is 27.8. The minimum Gasteiger partial charge on any atom is -0.454 e. The quantitative estimate of drug-likeness (QED) is 0.499. The van der Waals surface area contributed by atoms with Crippen LogP contribution in [0.4, 0.5) is 0 Å². The Hall–Kier alpha value is -2.46. The molecule has 2 rings (SSSR count). The van der Waals surface area contributed by atoms with Crippen LogP contribution in [0.25, 0.3) is 0 Å². The van der Waals surface area contributed by atoms with Gasteiger partial charge in [0.05, 0.1) is 4.90 Å². The molecule has 1 N–H and O–H groups in total. The zero-order chi connectivity index (χ0) is 25.5. The van der Waals surface area contributed by atoms with Crippen LogP contribution in [0.15, 0.2) is 29.2 Å². The highest BCUT2D eigenvalue weighted by Gasteiger charge is 2.29. The summed E-state index contributed by atoms with van der Waals surface area (Å²) in [5, 5.41) is 2.63. The Bertz CT molecular complexity index is 975. The van der Waals surface area contributed by atoms with Crippen molar-refractivity contribution in [3.63, 3.8) is 0 Å². The highest BCUT2D eigenvalue weighted by molar-refractivity contribution is 7.89. The third-order valence-electron chi connectivity index (χ3n) is 6.11. The number of rotatable bonds is 10. The number of esters is 1. The molecule has 0 aromatic heterocycles. The lowest BCUT2D eigenvalue weighted by atomic mass is 10.0. The van der Waals surface area contributed by atoms with Gasteiger partial charge in [-0.25, -0.2) is 13.2 Å². The molecule has 0 aliphatic carbocycles. The predicted molar refractivity (Wildman–Crippen MR) is 129 cm³/mol. The van der Waals surface area contributed by atoms with Gasteiger partial charge in [0.25, 0.3) is 11.8 Å². The second-order valence-corrected chi connectivity index (χ2v) is 10.8. The van der Waals surface area contributed by atoms with E-state index in [1.807, 2.05) is 6.92 Å². The van der Waals surface area contributed by atoms with Crippen molar-refractivity contribution in [2.45, 2.75) is 70.9 Å². The number of piperidine rings is 1. The van der Waals surface area contributed by atoms with Gasteiger partial charge in [0, 0.05) is 31.2 Å². The number of hydrogen-bond donors (Lipinski definition) is 1. The van der Waals surface area contributed by atoms with E-state index in [0.717, 1.165) is 19.3 Å². The number of carbonyl (C=O) groups is 3. The van der Waals surface area contributed by atoms with Crippen LogP contribution in [-0.2, 0) is 24.3 Å². The smallest absolute Gasteiger partial charge is 0.329 e. The number of benzene rings is 1. The van der Waals surface area contributed by atoms with Crippen molar-refractivity contribution >= 4 is 27.8 Å². The van der Waals surface area contributed by atoms with Crippen LogP contribution < -0.4 is 5.32 Å². The highest BCUT2D eigenvalue weighted by atomic mass is 32.2. The van der Waals surface area contributed by atoms with Gasteiger partial charge >= 0.3 is 5.97 Å². The van der Waals surface area contributed by atoms with Crippen LogP contribution >= 0.6 is 0 Å². The fraction of sp³-hybridized carbons (Fsp3) is 0.625. The van der Waals surface area contributed by atoms with Crippen molar-refractivity contribution in [2.75, 3.05) is 26.2 Å². The van der Waals surface area contributed by atoms with Crippen LogP contribution in [0.1, 0.15) is 64.2 Å². The van der Waals surface area contributed by atoms with Crippen molar-refractivity contribution in [3.05, 3.63) is 29.8 Å². The van der Waals surface area contributed by atoms with E-state index >= 15 is 0 Å². The first-order valence-corrected chi connectivity index (χ1v) is 13.3. The van der Waals surface area contributed by atoms with Gasteiger partial charge in [0.15, 0.2) is 6.61 Å². The van der Waals surface area contributed by atoms with E-state index in [1.165, 1.54) is 28.6 Å². The Kier molecular flexibility index (Phi) is 10.1. The largest absolute Gasteiger partial charge is 0.454 e. The Balaban J connectivity index is 2.08. The minimum absolute atomic E-state index is 0.00812. The average molecular weight is 496 g/mol. The highest BCUT2D eigenvalue weighted by Crippen LogP contribution is 2.18. The molecule has 34 heavy (non-hydrogen) atoms. The van der Waals surface area contributed by atoms with Gasteiger partial charge in [-0.2, -0.15) is 4.31 Å². The lowest BCUT2D eigenvalue weighted by Gasteiger charge is -2.33. The normalized spacial score (nSPS) is 17.5. The maximum atomic E-state index is 12.9. The van der Waals surface area contributed by atoms with Crippen molar-refractivity contribution in [3.8, 4) is 0 Å². The molecule has 1 heterocycles. The molecule has 0 saturated carbocycles. The van der Waals surface area contributed by atoms with Crippen LogP contribution in [-0.4, -0.2) is 73.7 Å². The van der Waals surface area contributed by atoms with Gasteiger partial charge in [-0.1, -0.05) is 33.8 Å². The van der Waals surface area contributed by atoms with Crippen molar-refractivity contribution in [2.24, 2.45) is 5.92 Å². The van der Waals surface area contributed by atoms with Gasteiger partial charge in [0.1, 0.15) is 6.04 Å². The summed E-state index contributed by atoms with van der Waals surface area (Å²) in [6.45, 7) is 9.86.